The maximum atomic E-state index is 9.28. The third-order valence-corrected chi connectivity index (χ3v) is 3.37. The Bertz CT molecular complexity index is 602. The molecule has 3 nitrogen and oxygen atoms in total. The van der Waals surface area contributed by atoms with E-state index in [0.29, 0.717) is 13.0 Å². The van der Waals surface area contributed by atoms with Gasteiger partial charge in [-0.15, -0.1) is 0 Å². The molecule has 0 spiro atoms. The number of rotatable bonds is 6. The molecule has 2 aromatic carbocycles. The molecule has 0 radical (unpaired) electrons. The number of hydrogen-bond acceptors (Lipinski definition) is 3. The highest BCUT2D eigenvalue weighted by Gasteiger charge is 2.10. The van der Waals surface area contributed by atoms with Gasteiger partial charge in [0.1, 0.15) is 5.75 Å². The second-order valence-corrected chi connectivity index (χ2v) is 5.12. The van der Waals surface area contributed by atoms with Crippen molar-refractivity contribution in [2.75, 3.05) is 25.6 Å². The van der Waals surface area contributed by atoms with Crippen molar-refractivity contribution < 1.29 is 4.74 Å². The van der Waals surface area contributed by atoms with E-state index in [0.717, 1.165) is 17.0 Å². The number of benzene rings is 2. The van der Waals surface area contributed by atoms with Crippen molar-refractivity contribution in [3.63, 3.8) is 0 Å². The predicted molar refractivity (Wildman–Crippen MR) is 85.7 cm³/mol. The fraction of sp³-hybridized carbons (Fsp3) is 0.278. The van der Waals surface area contributed by atoms with Gasteiger partial charge in [0.2, 0.25) is 0 Å². The number of nitriles is 1. The molecule has 0 fully saturated rings. The van der Waals surface area contributed by atoms with Crippen LogP contribution >= 0.6 is 0 Å². The summed E-state index contributed by atoms with van der Waals surface area (Å²) in [5.41, 5.74) is 2.15. The molecule has 0 aliphatic carbocycles. The van der Waals surface area contributed by atoms with Gasteiger partial charge in [-0.25, -0.2) is 0 Å². The first kappa shape index (κ1) is 14.9. The monoisotopic (exact) mass is 280 g/mol. The van der Waals surface area contributed by atoms with Crippen molar-refractivity contribution in [1.29, 1.82) is 5.26 Å². The minimum Gasteiger partial charge on any atom is -0.493 e. The number of hydrogen-bond donors (Lipinski definition) is 0. The molecule has 1 unspecified atom stereocenters. The third-order valence-electron chi connectivity index (χ3n) is 3.37. The summed E-state index contributed by atoms with van der Waals surface area (Å²) in [6.45, 7) is 0.532. The maximum absolute atomic E-state index is 9.28. The summed E-state index contributed by atoms with van der Waals surface area (Å²) in [5, 5.41) is 9.28. The standard InChI is InChI=1S/C18H20N2O/c1-20(2)17-9-6-10-18(13-17)21-12-11-16(14-19)15-7-4-3-5-8-15/h3-10,13,16H,11-12H2,1-2H3. The van der Waals surface area contributed by atoms with Crippen molar-refractivity contribution in [3.8, 4) is 11.8 Å². The topological polar surface area (TPSA) is 36.3 Å². The second-order valence-electron chi connectivity index (χ2n) is 5.12. The third kappa shape index (κ3) is 4.25. The lowest BCUT2D eigenvalue weighted by Gasteiger charge is -2.15. The van der Waals surface area contributed by atoms with Crippen molar-refractivity contribution in [3.05, 3.63) is 60.2 Å². The Hall–Kier alpha value is -2.47. The van der Waals surface area contributed by atoms with Crippen molar-refractivity contribution >= 4 is 5.69 Å². The quantitative estimate of drug-likeness (QED) is 0.807. The van der Waals surface area contributed by atoms with Gasteiger partial charge >= 0.3 is 0 Å². The number of anilines is 1. The van der Waals surface area contributed by atoms with Crippen LogP contribution in [0.15, 0.2) is 54.6 Å². The fourth-order valence-corrected chi connectivity index (χ4v) is 2.14. The summed E-state index contributed by atoms with van der Waals surface area (Å²) in [7, 11) is 4.00. The van der Waals surface area contributed by atoms with Gasteiger partial charge in [-0.3, -0.25) is 0 Å². The van der Waals surface area contributed by atoms with Crippen LogP contribution in [0.2, 0.25) is 0 Å². The Morgan fingerprint density at radius 3 is 2.52 bits per heavy atom. The van der Waals surface area contributed by atoms with E-state index in [1.807, 2.05) is 73.6 Å². The van der Waals surface area contributed by atoms with Crippen LogP contribution in [0.1, 0.15) is 17.9 Å². The Labute approximate surface area is 126 Å². The van der Waals surface area contributed by atoms with E-state index < -0.39 is 0 Å². The van der Waals surface area contributed by atoms with E-state index in [2.05, 4.69) is 6.07 Å². The molecule has 0 N–H and O–H groups in total. The lowest BCUT2D eigenvalue weighted by Crippen LogP contribution is -2.09. The van der Waals surface area contributed by atoms with Crippen molar-refractivity contribution in [1.82, 2.24) is 0 Å². The van der Waals surface area contributed by atoms with Crippen LogP contribution in [0.5, 0.6) is 5.75 Å². The van der Waals surface area contributed by atoms with E-state index in [1.165, 1.54) is 0 Å². The Kier molecular flexibility index (Phi) is 5.22. The molecular weight excluding hydrogens is 260 g/mol. The highest BCUT2D eigenvalue weighted by atomic mass is 16.5. The van der Waals surface area contributed by atoms with Crippen LogP contribution in [-0.2, 0) is 0 Å². The molecule has 0 aromatic heterocycles. The van der Waals surface area contributed by atoms with E-state index in [-0.39, 0.29) is 5.92 Å². The van der Waals surface area contributed by atoms with Gasteiger partial charge in [-0.05, 0) is 17.7 Å². The SMILES string of the molecule is CN(C)c1cccc(OCCC(C#N)c2ccccc2)c1. The smallest absolute Gasteiger partial charge is 0.121 e. The molecule has 2 rings (SSSR count). The molecule has 0 aliphatic rings. The van der Waals surface area contributed by atoms with Crippen LogP contribution in [0.3, 0.4) is 0 Å². The first-order valence-electron chi connectivity index (χ1n) is 7.05. The van der Waals surface area contributed by atoms with Gasteiger partial charge in [0.05, 0.1) is 18.6 Å². The Morgan fingerprint density at radius 1 is 1.10 bits per heavy atom. The molecule has 3 heteroatoms. The molecule has 0 amide bonds. The average molecular weight is 280 g/mol. The maximum Gasteiger partial charge on any atom is 0.121 e. The summed E-state index contributed by atoms with van der Waals surface area (Å²) in [6, 6.07) is 20.2. The Morgan fingerprint density at radius 2 is 1.86 bits per heavy atom. The van der Waals surface area contributed by atoms with Crippen molar-refractivity contribution in [2.24, 2.45) is 0 Å². The van der Waals surface area contributed by atoms with E-state index in [4.69, 9.17) is 4.74 Å². The first-order chi connectivity index (χ1) is 10.2. The van der Waals surface area contributed by atoms with E-state index >= 15 is 0 Å². The van der Waals surface area contributed by atoms with Crippen molar-refractivity contribution in [2.45, 2.75) is 12.3 Å². The van der Waals surface area contributed by atoms with Gasteiger partial charge in [0, 0.05) is 32.3 Å². The van der Waals surface area contributed by atoms with Gasteiger partial charge in [-0.1, -0.05) is 36.4 Å². The zero-order valence-corrected chi connectivity index (χ0v) is 12.5. The van der Waals surface area contributed by atoms with E-state index in [1.54, 1.807) is 0 Å². The zero-order valence-electron chi connectivity index (χ0n) is 12.5. The summed E-state index contributed by atoms with van der Waals surface area (Å²) in [5.74, 6) is 0.717. The van der Waals surface area contributed by atoms with Crippen LogP contribution in [0.25, 0.3) is 0 Å². The zero-order chi connectivity index (χ0) is 15.1. The summed E-state index contributed by atoms with van der Waals surface area (Å²) in [4.78, 5) is 2.04. The fourth-order valence-electron chi connectivity index (χ4n) is 2.14. The minimum atomic E-state index is -0.122. The molecule has 0 heterocycles. The molecule has 0 saturated heterocycles. The minimum absolute atomic E-state index is 0.122. The lowest BCUT2D eigenvalue weighted by atomic mass is 9.98. The van der Waals surface area contributed by atoms with Crippen LogP contribution < -0.4 is 9.64 Å². The van der Waals surface area contributed by atoms with Gasteiger partial charge < -0.3 is 9.64 Å². The van der Waals surface area contributed by atoms with Gasteiger partial charge in [0.25, 0.3) is 0 Å². The summed E-state index contributed by atoms with van der Waals surface area (Å²) < 4.78 is 5.77. The highest BCUT2D eigenvalue weighted by Crippen LogP contribution is 2.22. The first-order valence-corrected chi connectivity index (χ1v) is 7.05. The normalized spacial score (nSPS) is 11.5. The largest absolute Gasteiger partial charge is 0.493 e. The van der Waals surface area contributed by atoms with Crippen LogP contribution in [0.4, 0.5) is 5.69 Å². The number of ether oxygens (including phenoxy) is 1. The Balaban J connectivity index is 1.92. The second kappa shape index (κ2) is 7.35. The highest BCUT2D eigenvalue weighted by molar-refractivity contribution is 5.49. The van der Waals surface area contributed by atoms with Gasteiger partial charge in [0.15, 0.2) is 0 Å². The number of nitrogens with zero attached hydrogens (tertiary/aromatic N) is 2. The molecule has 1 atom stereocenters. The molecule has 21 heavy (non-hydrogen) atoms. The molecule has 108 valence electrons. The van der Waals surface area contributed by atoms with Crippen LogP contribution in [-0.4, -0.2) is 20.7 Å². The lowest BCUT2D eigenvalue weighted by molar-refractivity contribution is 0.306. The molecule has 0 saturated carbocycles. The van der Waals surface area contributed by atoms with Gasteiger partial charge in [-0.2, -0.15) is 5.26 Å². The molecule has 0 aliphatic heterocycles. The average Bonchev–Trinajstić information content (AvgIpc) is 2.53. The summed E-state index contributed by atoms with van der Waals surface area (Å²) in [6.07, 6.45) is 0.687. The summed E-state index contributed by atoms with van der Waals surface area (Å²) >= 11 is 0. The molecule has 2 aromatic rings. The predicted octanol–water partition coefficient (Wildman–Crippen LogP) is 3.83. The molecule has 0 bridgehead atoms. The van der Waals surface area contributed by atoms with Crippen LogP contribution in [0, 0.1) is 11.3 Å². The van der Waals surface area contributed by atoms with E-state index in [9.17, 15) is 5.26 Å². The molecular formula is C18H20N2O.